The van der Waals surface area contributed by atoms with Gasteiger partial charge >= 0.3 is 0 Å². The van der Waals surface area contributed by atoms with Crippen molar-refractivity contribution in [3.8, 4) is 0 Å². The molecule has 1 heteroatoms. The number of aldehydes is 1. The van der Waals surface area contributed by atoms with Gasteiger partial charge in [0.25, 0.3) is 0 Å². The lowest BCUT2D eigenvalue weighted by molar-refractivity contribution is -0.112. The first-order valence-corrected chi connectivity index (χ1v) is 7.26. The Kier molecular flexibility index (Phi) is 3.53. The second-order valence-corrected chi connectivity index (χ2v) is 6.82. The molecule has 3 unspecified atom stereocenters. The molecule has 0 aromatic rings. The van der Waals surface area contributed by atoms with Crippen LogP contribution in [0.25, 0.3) is 0 Å². The van der Waals surface area contributed by atoms with E-state index in [9.17, 15) is 4.79 Å². The van der Waals surface area contributed by atoms with Crippen LogP contribution in [0.15, 0.2) is 23.8 Å². The molecule has 2 aliphatic rings. The van der Waals surface area contributed by atoms with Gasteiger partial charge in [0.1, 0.15) is 6.29 Å². The third kappa shape index (κ3) is 1.98. The maximum Gasteiger partial charge on any atom is 0.123 e. The largest absolute Gasteiger partial charge is 0.303 e. The molecule has 0 saturated heterocycles. The van der Waals surface area contributed by atoms with Gasteiger partial charge in [0.2, 0.25) is 0 Å². The van der Waals surface area contributed by atoms with Gasteiger partial charge in [-0.3, -0.25) is 0 Å². The highest BCUT2D eigenvalue weighted by molar-refractivity contribution is 5.56. The molecular weight excluding hydrogens is 220 g/mol. The average molecular weight is 246 g/mol. The van der Waals surface area contributed by atoms with Crippen LogP contribution in [0.3, 0.4) is 0 Å². The average Bonchev–Trinajstić information content (AvgIpc) is 2.33. The summed E-state index contributed by atoms with van der Waals surface area (Å²) in [6, 6.07) is 0. The Balaban J connectivity index is 2.38. The van der Waals surface area contributed by atoms with E-state index in [1.54, 1.807) is 0 Å². The number of carbonyl (C=O) groups excluding carboxylic acids is 1. The second-order valence-electron chi connectivity index (χ2n) is 6.82. The van der Waals surface area contributed by atoms with E-state index in [0.717, 1.165) is 19.3 Å². The molecule has 3 atom stereocenters. The van der Waals surface area contributed by atoms with Gasteiger partial charge < -0.3 is 4.79 Å². The molecule has 0 amide bonds. The highest BCUT2D eigenvalue weighted by Gasteiger charge is 2.46. The van der Waals surface area contributed by atoms with Crippen LogP contribution >= 0.6 is 0 Å². The van der Waals surface area contributed by atoms with E-state index in [1.165, 1.54) is 18.3 Å². The topological polar surface area (TPSA) is 17.1 Å². The fourth-order valence-corrected chi connectivity index (χ4v) is 3.78. The van der Waals surface area contributed by atoms with E-state index in [1.807, 2.05) is 0 Å². The Hall–Kier alpha value is -0.850. The van der Waals surface area contributed by atoms with E-state index in [2.05, 4.69) is 45.9 Å². The van der Waals surface area contributed by atoms with E-state index in [4.69, 9.17) is 0 Å². The van der Waals surface area contributed by atoms with Crippen molar-refractivity contribution in [2.75, 3.05) is 0 Å². The summed E-state index contributed by atoms with van der Waals surface area (Å²) >= 11 is 0. The smallest absolute Gasteiger partial charge is 0.123 e. The fourth-order valence-electron chi connectivity index (χ4n) is 3.78. The Labute approximate surface area is 111 Å². The number of carbonyl (C=O) groups is 1. The van der Waals surface area contributed by atoms with Gasteiger partial charge in [-0.2, -0.15) is 0 Å². The number of hydrogen-bond acceptors (Lipinski definition) is 1. The summed E-state index contributed by atoms with van der Waals surface area (Å²) in [4.78, 5) is 11.2. The maximum atomic E-state index is 11.2. The van der Waals surface area contributed by atoms with Crippen LogP contribution in [0.2, 0.25) is 0 Å². The van der Waals surface area contributed by atoms with Crippen molar-refractivity contribution in [2.24, 2.45) is 22.7 Å². The van der Waals surface area contributed by atoms with Crippen LogP contribution in [-0.4, -0.2) is 6.29 Å². The molecule has 0 aromatic carbocycles. The van der Waals surface area contributed by atoms with E-state index in [-0.39, 0.29) is 16.7 Å². The maximum absolute atomic E-state index is 11.2. The lowest BCUT2D eigenvalue weighted by atomic mass is 9.54. The van der Waals surface area contributed by atoms with Gasteiger partial charge in [0.05, 0.1) is 0 Å². The summed E-state index contributed by atoms with van der Waals surface area (Å²) in [6.07, 6.45) is 12.7. The quantitative estimate of drug-likeness (QED) is 0.516. The lowest BCUT2D eigenvalue weighted by Gasteiger charge is -2.50. The monoisotopic (exact) mass is 246 g/mol. The third-order valence-corrected chi connectivity index (χ3v) is 5.58. The molecule has 0 heterocycles. The Bertz CT molecular complexity index is 388. The number of hydrogen-bond donors (Lipinski definition) is 0. The van der Waals surface area contributed by atoms with Crippen molar-refractivity contribution in [1.82, 2.24) is 0 Å². The molecular formula is C17H26O. The summed E-state index contributed by atoms with van der Waals surface area (Å²) in [5.41, 5.74) is 1.93. The summed E-state index contributed by atoms with van der Waals surface area (Å²) in [5, 5.41) is 0. The molecule has 0 radical (unpaired) electrons. The number of allylic oxidation sites excluding steroid dienone is 4. The molecule has 0 fully saturated rings. The predicted octanol–water partition coefficient (Wildman–Crippen LogP) is 4.54. The Morgan fingerprint density at radius 1 is 1.28 bits per heavy atom. The van der Waals surface area contributed by atoms with Crippen molar-refractivity contribution < 1.29 is 4.79 Å². The van der Waals surface area contributed by atoms with E-state index >= 15 is 0 Å². The normalized spacial score (nSPS) is 39.2. The van der Waals surface area contributed by atoms with Crippen LogP contribution in [0.1, 0.15) is 53.4 Å². The van der Waals surface area contributed by atoms with Crippen molar-refractivity contribution in [3.05, 3.63) is 23.8 Å². The summed E-state index contributed by atoms with van der Waals surface area (Å²) in [6.45, 7) is 9.30. The van der Waals surface area contributed by atoms with E-state index in [0.29, 0.717) is 5.92 Å². The Morgan fingerprint density at radius 2 is 2.00 bits per heavy atom. The van der Waals surface area contributed by atoms with Crippen LogP contribution in [0.4, 0.5) is 0 Å². The minimum atomic E-state index is 0.191. The molecule has 2 aliphatic carbocycles. The van der Waals surface area contributed by atoms with Gasteiger partial charge in [-0.25, -0.2) is 0 Å². The second kappa shape index (κ2) is 4.68. The predicted molar refractivity (Wildman–Crippen MR) is 76.3 cm³/mol. The molecule has 0 bridgehead atoms. The molecule has 2 rings (SSSR count). The molecule has 18 heavy (non-hydrogen) atoms. The van der Waals surface area contributed by atoms with Crippen molar-refractivity contribution in [2.45, 2.75) is 53.4 Å². The first kappa shape index (κ1) is 13.6. The van der Waals surface area contributed by atoms with E-state index < -0.39 is 0 Å². The molecule has 0 spiro atoms. The van der Waals surface area contributed by atoms with Crippen molar-refractivity contribution >= 4 is 6.29 Å². The highest BCUT2D eigenvalue weighted by Crippen LogP contribution is 2.55. The van der Waals surface area contributed by atoms with Gasteiger partial charge in [-0.15, -0.1) is 0 Å². The zero-order valence-corrected chi connectivity index (χ0v) is 12.2. The summed E-state index contributed by atoms with van der Waals surface area (Å²) < 4.78 is 0. The third-order valence-electron chi connectivity index (χ3n) is 5.58. The number of rotatable bonds is 2. The lowest BCUT2D eigenvalue weighted by Crippen LogP contribution is -2.41. The van der Waals surface area contributed by atoms with Crippen LogP contribution in [0, 0.1) is 22.7 Å². The Morgan fingerprint density at radius 3 is 2.61 bits per heavy atom. The van der Waals surface area contributed by atoms with Crippen LogP contribution in [-0.2, 0) is 4.79 Å². The first-order chi connectivity index (χ1) is 8.42. The molecule has 0 saturated carbocycles. The van der Waals surface area contributed by atoms with Crippen LogP contribution in [0.5, 0.6) is 0 Å². The highest BCUT2D eigenvalue weighted by atomic mass is 16.1. The molecule has 0 N–H and O–H groups in total. The zero-order valence-electron chi connectivity index (χ0n) is 12.2. The fraction of sp³-hybridized carbons (Fsp3) is 0.706. The minimum absolute atomic E-state index is 0.191. The zero-order chi connectivity index (χ0) is 13.4. The van der Waals surface area contributed by atoms with Crippen LogP contribution < -0.4 is 0 Å². The van der Waals surface area contributed by atoms with Gasteiger partial charge in [-0.1, -0.05) is 51.5 Å². The molecule has 100 valence electrons. The minimum Gasteiger partial charge on any atom is -0.303 e. The first-order valence-electron chi connectivity index (χ1n) is 7.26. The standard InChI is InChI=1S/C17H26O/c1-13-14(12-18)8-7-9-15(13)17(4)11-6-5-10-16(17,2)3/h5,9-10,12-14H,6-8,11H2,1-4H3. The van der Waals surface area contributed by atoms with Crippen molar-refractivity contribution in [3.63, 3.8) is 0 Å². The van der Waals surface area contributed by atoms with Gasteiger partial charge in [0, 0.05) is 5.92 Å². The molecule has 0 aromatic heterocycles. The molecule has 0 aliphatic heterocycles. The summed E-state index contributed by atoms with van der Waals surface area (Å²) in [5.74, 6) is 0.635. The SMILES string of the molecule is CC1C(C2(C)CCC=CC2(C)C)=CCCC1C=O. The summed E-state index contributed by atoms with van der Waals surface area (Å²) in [7, 11) is 0. The van der Waals surface area contributed by atoms with Crippen molar-refractivity contribution in [1.29, 1.82) is 0 Å². The van der Waals surface area contributed by atoms with Gasteiger partial charge in [0.15, 0.2) is 0 Å². The molecule has 1 nitrogen and oxygen atoms in total. The van der Waals surface area contributed by atoms with Gasteiger partial charge in [-0.05, 0) is 42.4 Å².